The summed E-state index contributed by atoms with van der Waals surface area (Å²) in [6.07, 6.45) is 7.19. The lowest BCUT2D eigenvalue weighted by molar-refractivity contribution is 0.768. The number of hydrogen-bond donors (Lipinski definition) is 2. The van der Waals surface area contributed by atoms with Crippen LogP contribution in [0, 0.1) is 0 Å². The first-order valence-corrected chi connectivity index (χ1v) is 6.51. The van der Waals surface area contributed by atoms with E-state index in [9.17, 15) is 0 Å². The Morgan fingerprint density at radius 2 is 2.10 bits per heavy atom. The molecule has 3 heterocycles. The molecule has 20 heavy (non-hydrogen) atoms. The van der Waals surface area contributed by atoms with E-state index in [4.69, 9.17) is 11.5 Å². The number of nitrogen functional groups attached to an aromatic ring is 1. The summed E-state index contributed by atoms with van der Waals surface area (Å²) >= 11 is 0. The molecular weight excluding hydrogens is 254 g/mol. The lowest BCUT2D eigenvalue weighted by Gasteiger charge is -2.04. The maximum atomic E-state index is 6.03. The van der Waals surface area contributed by atoms with E-state index in [1.807, 2.05) is 19.3 Å². The number of rotatable bonds is 4. The molecule has 0 bridgehead atoms. The highest BCUT2D eigenvalue weighted by molar-refractivity contribution is 5.77. The number of nitrogens with two attached hydrogens (primary N) is 2. The van der Waals surface area contributed by atoms with Gasteiger partial charge in [-0.15, -0.1) is 0 Å². The van der Waals surface area contributed by atoms with Crippen molar-refractivity contribution in [2.75, 3.05) is 12.3 Å². The average molecular weight is 271 g/mol. The predicted octanol–water partition coefficient (Wildman–Crippen LogP) is 0.603. The van der Waals surface area contributed by atoms with Gasteiger partial charge in [0.2, 0.25) is 0 Å². The van der Waals surface area contributed by atoms with Crippen molar-refractivity contribution in [1.82, 2.24) is 24.4 Å². The second-order valence-corrected chi connectivity index (χ2v) is 4.76. The average Bonchev–Trinajstić information content (AvgIpc) is 3.02. The standard InChI is InChI=1S/C13H17N7/c1-19-8-9(6-16-19)11-7-17-20-12(15)5-10(3-2-4-14)18-13(11)20/h5-8H,2-4,14-15H2,1H3. The highest BCUT2D eigenvalue weighted by atomic mass is 15.3. The molecule has 0 aromatic carbocycles. The van der Waals surface area contributed by atoms with Crippen molar-refractivity contribution in [3.63, 3.8) is 0 Å². The summed E-state index contributed by atoms with van der Waals surface area (Å²) in [5.41, 5.74) is 15.2. The van der Waals surface area contributed by atoms with Gasteiger partial charge in [-0.2, -0.15) is 14.7 Å². The van der Waals surface area contributed by atoms with Crippen LogP contribution in [-0.4, -0.2) is 30.9 Å². The van der Waals surface area contributed by atoms with Crippen LogP contribution in [0.3, 0.4) is 0 Å². The predicted molar refractivity (Wildman–Crippen MR) is 77.0 cm³/mol. The Balaban J connectivity index is 2.12. The molecule has 0 aliphatic carbocycles. The molecule has 0 atom stereocenters. The number of aromatic nitrogens is 5. The van der Waals surface area contributed by atoms with Gasteiger partial charge in [-0.3, -0.25) is 4.68 Å². The Hall–Kier alpha value is -2.41. The van der Waals surface area contributed by atoms with Crippen LogP contribution in [0.5, 0.6) is 0 Å². The van der Waals surface area contributed by atoms with Crippen molar-refractivity contribution in [2.24, 2.45) is 12.8 Å². The Labute approximate surface area is 116 Å². The van der Waals surface area contributed by atoms with E-state index in [1.54, 1.807) is 21.6 Å². The van der Waals surface area contributed by atoms with E-state index < -0.39 is 0 Å². The fourth-order valence-corrected chi connectivity index (χ4v) is 2.21. The van der Waals surface area contributed by atoms with E-state index in [1.165, 1.54) is 0 Å². The Kier molecular flexibility index (Phi) is 3.11. The van der Waals surface area contributed by atoms with Crippen molar-refractivity contribution in [2.45, 2.75) is 12.8 Å². The van der Waals surface area contributed by atoms with Crippen molar-refractivity contribution in [3.05, 3.63) is 30.4 Å². The van der Waals surface area contributed by atoms with Gasteiger partial charge in [0, 0.05) is 36.1 Å². The molecule has 3 rings (SSSR count). The van der Waals surface area contributed by atoms with Crippen LogP contribution >= 0.6 is 0 Å². The smallest absolute Gasteiger partial charge is 0.165 e. The normalized spacial score (nSPS) is 11.3. The molecule has 0 radical (unpaired) electrons. The third-order valence-electron chi connectivity index (χ3n) is 3.21. The van der Waals surface area contributed by atoms with Gasteiger partial charge >= 0.3 is 0 Å². The van der Waals surface area contributed by atoms with Crippen LogP contribution in [-0.2, 0) is 13.5 Å². The summed E-state index contributed by atoms with van der Waals surface area (Å²) in [6.45, 7) is 0.640. The first-order valence-electron chi connectivity index (χ1n) is 6.51. The van der Waals surface area contributed by atoms with Crippen molar-refractivity contribution >= 4 is 11.5 Å². The molecule has 0 fully saturated rings. The molecule has 0 unspecified atom stereocenters. The van der Waals surface area contributed by atoms with Gasteiger partial charge in [0.05, 0.1) is 12.4 Å². The van der Waals surface area contributed by atoms with E-state index in [0.29, 0.717) is 12.4 Å². The number of anilines is 1. The van der Waals surface area contributed by atoms with Gasteiger partial charge in [0.1, 0.15) is 5.82 Å². The Morgan fingerprint density at radius 3 is 2.80 bits per heavy atom. The monoisotopic (exact) mass is 271 g/mol. The Bertz CT molecular complexity index is 740. The van der Waals surface area contributed by atoms with E-state index >= 15 is 0 Å². The number of nitrogens with zero attached hydrogens (tertiary/aromatic N) is 5. The molecule has 0 amide bonds. The molecule has 0 saturated heterocycles. The molecule has 4 N–H and O–H groups in total. The van der Waals surface area contributed by atoms with Crippen LogP contribution in [0.15, 0.2) is 24.7 Å². The minimum absolute atomic E-state index is 0.581. The van der Waals surface area contributed by atoms with Crippen LogP contribution in [0.25, 0.3) is 16.8 Å². The van der Waals surface area contributed by atoms with Crippen LogP contribution in [0.2, 0.25) is 0 Å². The van der Waals surface area contributed by atoms with Gasteiger partial charge in [-0.25, -0.2) is 4.98 Å². The highest BCUT2D eigenvalue weighted by Crippen LogP contribution is 2.24. The van der Waals surface area contributed by atoms with Crippen molar-refractivity contribution in [1.29, 1.82) is 0 Å². The highest BCUT2D eigenvalue weighted by Gasteiger charge is 2.12. The number of aryl methyl sites for hydroxylation is 2. The molecule has 0 spiro atoms. The summed E-state index contributed by atoms with van der Waals surface area (Å²) in [6, 6.07) is 1.85. The van der Waals surface area contributed by atoms with Gasteiger partial charge in [0.15, 0.2) is 5.65 Å². The maximum absolute atomic E-state index is 6.03. The van der Waals surface area contributed by atoms with Crippen LogP contribution in [0.4, 0.5) is 5.82 Å². The summed E-state index contributed by atoms with van der Waals surface area (Å²) in [7, 11) is 1.88. The lowest BCUT2D eigenvalue weighted by Crippen LogP contribution is -2.06. The number of fused-ring (bicyclic) bond motifs is 1. The van der Waals surface area contributed by atoms with E-state index in [-0.39, 0.29) is 0 Å². The van der Waals surface area contributed by atoms with Gasteiger partial charge in [0.25, 0.3) is 0 Å². The second-order valence-electron chi connectivity index (χ2n) is 4.76. The minimum Gasteiger partial charge on any atom is -0.384 e. The van der Waals surface area contributed by atoms with Crippen molar-refractivity contribution < 1.29 is 0 Å². The topological polar surface area (TPSA) is 100 Å². The van der Waals surface area contributed by atoms with Crippen LogP contribution < -0.4 is 11.5 Å². The zero-order valence-corrected chi connectivity index (χ0v) is 11.3. The molecule has 0 saturated carbocycles. The second kappa shape index (κ2) is 4.93. The largest absolute Gasteiger partial charge is 0.384 e. The zero-order valence-electron chi connectivity index (χ0n) is 11.3. The van der Waals surface area contributed by atoms with Gasteiger partial charge in [-0.05, 0) is 19.4 Å². The van der Waals surface area contributed by atoms with Gasteiger partial charge < -0.3 is 11.5 Å². The van der Waals surface area contributed by atoms with Crippen LogP contribution in [0.1, 0.15) is 12.1 Å². The van der Waals surface area contributed by atoms with E-state index in [0.717, 1.165) is 35.3 Å². The summed E-state index contributed by atoms with van der Waals surface area (Å²) in [4.78, 5) is 4.65. The molecule has 3 aromatic heterocycles. The summed E-state index contributed by atoms with van der Waals surface area (Å²) < 4.78 is 3.40. The summed E-state index contributed by atoms with van der Waals surface area (Å²) in [5.74, 6) is 0.581. The fraction of sp³-hybridized carbons (Fsp3) is 0.308. The maximum Gasteiger partial charge on any atom is 0.165 e. The molecule has 7 nitrogen and oxygen atoms in total. The molecular formula is C13H17N7. The van der Waals surface area contributed by atoms with Gasteiger partial charge in [-0.1, -0.05) is 0 Å². The molecule has 0 aliphatic heterocycles. The SMILES string of the molecule is Cn1cc(-c2cnn3c(N)cc(CCCN)nc23)cn1. The Morgan fingerprint density at radius 1 is 1.25 bits per heavy atom. The molecule has 7 heteroatoms. The quantitative estimate of drug-likeness (QED) is 0.724. The lowest BCUT2D eigenvalue weighted by atomic mass is 10.2. The molecule has 104 valence electrons. The summed E-state index contributed by atoms with van der Waals surface area (Å²) in [5, 5.41) is 8.47. The first-order chi connectivity index (χ1) is 9.69. The van der Waals surface area contributed by atoms with Crippen molar-refractivity contribution in [3.8, 4) is 11.1 Å². The molecule has 0 aliphatic rings. The zero-order chi connectivity index (χ0) is 14.1. The first kappa shape index (κ1) is 12.6. The third kappa shape index (κ3) is 2.12. The number of hydrogen-bond acceptors (Lipinski definition) is 5. The fourth-order valence-electron chi connectivity index (χ4n) is 2.21. The minimum atomic E-state index is 0.581. The third-order valence-corrected chi connectivity index (χ3v) is 3.21. The molecule has 3 aromatic rings. The van der Waals surface area contributed by atoms with E-state index in [2.05, 4.69) is 15.2 Å².